The number of fused-ring (bicyclic) bond motifs is 1. The molecule has 140 valence electrons. The summed E-state index contributed by atoms with van der Waals surface area (Å²) in [4.78, 5) is 11.2. The van der Waals surface area contributed by atoms with Gasteiger partial charge in [-0.1, -0.05) is 0 Å². The lowest BCUT2D eigenvalue weighted by Crippen LogP contribution is -2.44. The molecule has 0 saturated heterocycles. The van der Waals surface area contributed by atoms with Crippen molar-refractivity contribution in [2.75, 3.05) is 34.4 Å². The van der Waals surface area contributed by atoms with Crippen molar-refractivity contribution in [3.8, 4) is 11.5 Å². The van der Waals surface area contributed by atoms with E-state index in [0.29, 0.717) is 0 Å². The van der Waals surface area contributed by atoms with Crippen LogP contribution in [0, 0.1) is 6.92 Å². The average molecular weight is 375 g/mol. The molecule has 7 heteroatoms. The molecule has 0 aliphatic carbocycles. The number of hydrogen-bond donors (Lipinski definition) is 1. The van der Waals surface area contributed by atoms with Gasteiger partial charge in [-0.3, -0.25) is 4.99 Å². The largest absolute Gasteiger partial charge is 0.493 e. The molecular weight excluding hydrogens is 348 g/mol. The maximum Gasteiger partial charge on any atom is 0.193 e. The lowest BCUT2D eigenvalue weighted by molar-refractivity contribution is 0.346. The van der Waals surface area contributed by atoms with E-state index in [-0.39, 0.29) is 0 Å². The molecule has 26 heavy (non-hydrogen) atoms. The smallest absolute Gasteiger partial charge is 0.193 e. The van der Waals surface area contributed by atoms with Crippen molar-refractivity contribution >= 4 is 17.3 Å². The molecular formula is C19H26N4O2S. The summed E-state index contributed by atoms with van der Waals surface area (Å²) in [7, 11) is 5.18. The molecule has 0 unspecified atom stereocenters. The number of aryl methyl sites for hydroxylation is 1. The topological polar surface area (TPSA) is 59.0 Å². The van der Waals surface area contributed by atoms with Gasteiger partial charge in [0.2, 0.25) is 0 Å². The first kappa shape index (κ1) is 18.5. The molecule has 2 aromatic rings. The summed E-state index contributed by atoms with van der Waals surface area (Å²) < 4.78 is 10.9. The minimum atomic E-state index is 0.773. The van der Waals surface area contributed by atoms with Crippen molar-refractivity contribution in [1.29, 1.82) is 0 Å². The first-order valence-corrected chi connectivity index (χ1v) is 9.63. The monoisotopic (exact) mass is 374 g/mol. The number of aromatic nitrogens is 1. The molecule has 0 atom stereocenters. The molecule has 0 amide bonds. The third-order valence-electron chi connectivity index (χ3n) is 4.56. The number of rotatable bonds is 5. The first-order valence-electron chi connectivity index (χ1n) is 8.75. The number of hydrogen-bond acceptors (Lipinski definition) is 5. The number of thiazole rings is 1. The van der Waals surface area contributed by atoms with Gasteiger partial charge in [-0.2, -0.15) is 0 Å². The standard InChI is InChI=1S/C19H26N4O2S/c1-13-22-16(12-26-13)5-7-21-19(20-2)23-8-6-14-9-17(24-3)18(25-4)10-15(14)11-23/h9-10,12H,5-8,11H2,1-4H3,(H,20,21). The first-order chi connectivity index (χ1) is 12.6. The molecule has 0 radical (unpaired) electrons. The van der Waals surface area contributed by atoms with Crippen LogP contribution in [0.1, 0.15) is 21.8 Å². The maximum absolute atomic E-state index is 5.44. The molecule has 1 aliphatic rings. The van der Waals surface area contributed by atoms with Crippen molar-refractivity contribution in [1.82, 2.24) is 15.2 Å². The van der Waals surface area contributed by atoms with E-state index in [9.17, 15) is 0 Å². The number of guanidine groups is 1. The predicted octanol–water partition coefficient (Wildman–Crippen LogP) is 2.64. The number of ether oxygens (including phenoxy) is 2. The highest BCUT2D eigenvalue weighted by molar-refractivity contribution is 7.09. The van der Waals surface area contributed by atoms with Crippen LogP contribution in [-0.4, -0.2) is 50.2 Å². The van der Waals surface area contributed by atoms with Gasteiger partial charge < -0.3 is 19.7 Å². The number of methoxy groups -OCH3 is 2. The van der Waals surface area contributed by atoms with E-state index in [1.165, 1.54) is 11.1 Å². The fourth-order valence-corrected chi connectivity index (χ4v) is 3.87. The molecule has 0 saturated carbocycles. The van der Waals surface area contributed by atoms with Gasteiger partial charge in [0.1, 0.15) is 0 Å². The Morgan fingerprint density at radius 2 is 2.00 bits per heavy atom. The Bertz CT molecular complexity index is 788. The van der Waals surface area contributed by atoms with E-state index < -0.39 is 0 Å². The number of nitrogens with one attached hydrogen (secondary N) is 1. The van der Waals surface area contributed by atoms with Crippen molar-refractivity contribution < 1.29 is 9.47 Å². The average Bonchev–Trinajstić information content (AvgIpc) is 3.08. The summed E-state index contributed by atoms with van der Waals surface area (Å²) in [6.45, 7) is 4.60. The van der Waals surface area contributed by atoms with Gasteiger partial charge >= 0.3 is 0 Å². The van der Waals surface area contributed by atoms with Crippen molar-refractivity contribution in [3.63, 3.8) is 0 Å². The van der Waals surface area contributed by atoms with Crippen molar-refractivity contribution in [2.45, 2.75) is 26.3 Å². The third-order valence-corrected chi connectivity index (χ3v) is 5.38. The number of benzene rings is 1. The Labute approximate surface area is 158 Å². The van der Waals surface area contributed by atoms with Gasteiger partial charge in [0.15, 0.2) is 17.5 Å². The van der Waals surface area contributed by atoms with Crippen LogP contribution in [0.25, 0.3) is 0 Å². The van der Waals surface area contributed by atoms with Gasteiger partial charge in [-0.05, 0) is 36.6 Å². The molecule has 0 spiro atoms. The predicted molar refractivity (Wildman–Crippen MR) is 106 cm³/mol. The van der Waals surface area contributed by atoms with Crippen LogP contribution < -0.4 is 14.8 Å². The minimum absolute atomic E-state index is 0.773. The fraction of sp³-hybridized carbons (Fsp3) is 0.474. The highest BCUT2D eigenvalue weighted by atomic mass is 32.1. The van der Waals surface area contributed by atoms with Crippen molar-refractivity contribution in [2.24, 2.45) is 4.99 Å². The number of nitrogens with zero attached hydrogens (tertiary/aromatic N) is 3. The van der Waals surface area contributed by atoms with E-state index in [0.717, 1.165) is 60.6 Å². The van der Waals surface area contributed by atoms with Crippen LogP contribution in [0.3, 0.4) is 0 Å². The van der Waals surface area contributed by atoms with Gasteiger partial charge in [0.25, 0.3) is 0 Å². The lowest BCUT2D eigenvalue weighted by atomic mass is 9.99. The summed E-state index contributed by atoms with van der Waals surface area (Å²) in [5, 5.41) is 6.70. The highest BCUT2D eigenvalue weighted by Gasteiger charge is 2.21. The SMILES string of the molecule is CN=C(NCCc1csc(C)n1)N1CCc2cc(OC)c(OC)cc2C1. The van der Waals surface area contributed by atoms with Crippen LogP contribution in [-0.2, 0) is 19.4 Å². The fourth-order valence-electron chi connectivity index (χ4n) is 3.22. The molecule has 6 nitrogen and oxygen atoms in total. The summed E-state index contributed by atoms with van der Waals surface area (Å²) in [5.74, 6) is 2.49. The third kappa shape index (κ3) is 4.09. The van der Waals surface area contributed by atoms with Crippen LogP contribution in [0.4, 0.5) is 0 Å². The Balaban J connectivity index is 1.64. The summed E-state index contributed by atoms with van der Waals surface area (Å²) in [5.41, 5.74) is 3.70. The van der Waals surface area contributed by atoms with Gasteiger partial charge in [0, 0.05) is 38.5 Å². The Kier molecular flexibility index (Phi) is 5.98. The van der Waals surface area contributed by atoms with Crippen LogP contribution in [0.2, 0.25) is 0 Å². The van der Waals surface area contributed by atoms with E-state index in [1.807, 2.05) is 14.0 Å². The zero-order valence-corrected chi connectivity index (χ0v) is 16.7. The molecule has 0 bridgehead atoms. The molecule has 1 N–H and O–H groups in total. The van der Waals surface area contributed by atoms with E-state index in [4.69, 9.17) is 9.47 Å². The molecule has 3 rings (SSSR count). The second kappa shape index (κ2) is 8.40. The molecule has 1 aliphatic heterocycles. The van der Waals surface area contributed by atoms with Crippen LogP contribution in [0.15, 0.2) is 22.5 Å². The van der Waals surface area contributed by atoms with Gasteiger partial charge in [-0.15, -0.1) is 11.3 Å². The zero-order valence-electron chi connectivity index (χ0n) is 15.8. The molecule has 0 fully saturated rings. The van der Waals surface area contributed by atoms with E-state index in [1.54, 1.807) is 25.6 Å². The van der Waals surface area contributed by atoms with Crippen LogP contribution >= 0.6 is 11.3 Å². The lowest BCUT2D eigenvalue weighted by Gasteiger charge is -2.32. The van der Waals surface area contributed by atoms with Gasteiger partial charge in [-0.25, -0.2) is 4.98 Å². The quantitative estimate of drug-likeness (QED) is 0.644. The second-order valence-corrected chi connectivity index (χ2v) is 7.29. The van der Waals surface area contributed by atoms with Crippen molar-refractivity contribution in [3.05, 3.63) is 39.3 Å². The van der Waals surface area contributed by atoms with Gasteiger partial charge in [0.05, 0.1) is 24.9 Å². The number of aliphatic imine (C=N–C) groups is 1. The highest BCUT2D eigenvalue weighted by Crippen LogP contribution is 2.33. The van der Waals surface area contributed by atoms with E-state index in [2.05, 4.69) is 37.7 Å². The maximum atomic E-state index is 5.44. The van der Waals surface area contributed by atoms with Crippen LogP contribution in [0.5, 0.6) is 11.5 Å². The molecule has 2 heterocycles. The Morgan fingerprint density at radius 3 is 2.62 bits per heavy atom. The molecule has 1 aromatic carbocycles. The Morgan fingerprint density at radius 1 is 1.27 bits per heavy atom. The summed E-state index contributed by atoms with van der Waals surface area (Å²) >= 11 is 1.69. The molecule has 1 aromatic heterocycles. The normalized spacial score (nSPS) is 14.2. The second-order valence-electron chi connectivity index (χ2n) is 6.23. The van der Waals surface area contributed by atoms with E-state index >= 15 is 0 Å². The summed E-state index contributed by atoms with van der Waals surface area (Å²) in [6.07, 6.45) is 1.86. The minimum Gasteiger partial charge on any atom is -0.493 e. The Hall–Kier alpha value is -2.28. The zero-order chi connectivity index (χ0) is 18.5. The summed E-state index contributed by atoms with van der Waals surface area (Å²) in [6, 6.07) is 4.16.